The van der Waals surface area contributed by atoms with Crippen LogP contribution in [0.2, 0.25) is 0 Å². The van der Waals surface area contributed by atoms with Crippen LogP contribution in [0.15, 0.2) is 0 Å². The van der Waals surface area contributed by atoms with Crippen LogP contribution in [0, 0.1) is 5.92 Å². The van der Waals surface area contributed by atoms with Crippen molar-refractivity contribution in [3.8, 4) is 0 Å². The molecule has 20 heavy (non-hydrogen) atoms. The minimum Gasteiger partial charge on any atom is -0.310 e. The Hall–Kier alpha value is -0.900. The second kappa shape index (κ2) is 5.14. The molecule has 0 radical (unpaired) electrons. The Morgan fingerprint density at radius 2 is 1.85 bits per heavy atom. The third kappa shape index (κ3) is 2.39. The summed E-state index contributed by atoms with van der Waals surface area (Å²) in [6, 6.07) is 0.549. The SMILES string of the molecule is C[C@H]1CN(CC2CCCCC2)Cc2nnc(C3CC3)n21. The van der Waals surface area contributed by atoms with Gasteiger partial charge in [-0.2, -0.15) is 0 Å². The summed E-state index contributed by atoms with van der Waals surface area (Å²) in [4.78, 5) is 2.63. The van der Waals surface area contributed by atoms with Gasteiger partial charge >= 0.3 is 0 Å². The van der Waals surface area contributed by atoms with Gasteiger partial charge in [0.25, 0.3) is 0 Å². The summed E-state index contributed by atoms with van der Waals surface area (Å²) >= 11 is 0. The molecule has 1 aromatic heterocycles. The first kappa shape index (κ1) is 12.8. The normalized spacial score (nSPS) is 28.6. The summed E-state index contributed by atoms with van der Waals surface area (Å²) in [6.07, 6.45) is 9.83. The van der Waals surface area contributed by atoms with Crippen molar-refractivity contribution in [1.82, 2.24) is 19.7 Å². The number of rotatable bonds is 3. The van der Waals surface area contributed by atoms with Crippen molar-refractivity contribution in [2.24, 2.45) is 5.92 Å². The van der Waals surface area contributed by atoms with Crippen molar-refractivity contribution >= 4 is 0 Å². The van der Waals surface area contributed by atoms with Crippen LogP contribution in [0.3, 0.4) is 0 Å². The topological polar surface area (TPSA) is 34.0 Å². The molecule has 0 bridgehead atoms. The Bertz CT molecular complexity index is 471. The molecule has 2 heterocycles. The van der Waals surface area contributed by atoms with Gasteiger partial charge in [-0.15, -0.1) is 10.2 Å². The largest absolute Gasteiger partial charge is 0.310 e. The zero-order valence-electron chi connectivity index (χ0n) is 12.6. The Morgan fingerprint density at radius 3 is 2.60 bits per heavy atom. The van der Waals surface area contributed by atoms with E-state index in [1.807, 2.05) is 0 Å². The van der Waals surface area contributed by atoms with Crippen LogP contribution in [0.4, 0.5) is 0 Å². The first-order valence-corrected chi connectivity index (χ1v) is 8.47. The lowest BCUT2D eigenvalue weighted by molar-refractivity contribution is 0.145. The highest BCUT2D eigenvalue weighted by atomic mass is 15.4. The van der Waals surface area contributed by atoms with E-state index in [2.05, 4.69) is 26.6 Å². The first-order valence-electron chi connectivity index (χ1n) is 8.47. The zero-order chi connectivity index (χ0) is 13.5. The molecule has 110 valence electrons. The maximum absolute atomic E-state index is 4.48. The van der Waals surface area contributed by atoms with Crippen LogP contribution >= 0.6 is 0 Å². The lowest BCUT2D eigenvalue weighted by Gasteiger charge is -2.35. The van der Waals surface area contributed by atoms with Gasteiger partial charge in [0.1, 0.15) is 11.6 Å². The van der Waals surface area contributed by atoms with E-state index < -0.39 is 0 Å². The highest BCUT2D eigenvalue weighted by Gasteiger charge is 2.34. The summed E-state index contributed by atoms with van der Waals surface area (Å²) in [5.41, 5.74) is 0. The third-order valence-electron chi connectivity index (χ3n) is 5.30. The van der Waals surface area contributed by atoms with Crippen molar-refractivity contribution in [2.45, 2.75) is 70.4 Å². The Balaban J connectivity index is 1.46. The van der Waals surface area contributed by atoms with Crippen molar-refractivity contribution < 1.29 is 0 Å². The molecule has 2 fully saturated rings. The van der Waals surface area contributed by atoms with Crippen LogP contribution in [0.5, 0.6) is 0 Å². The van der Waals surface area contributed by atoms with Gasteiger partial charge in [0, 0.05) is 25.0 Å². The van der Waals surface area contributed by atoms with E-state index >= 15 is 0 Å². The van der Waals surface area contributed by atoms with Gasteiger partial charge in [0.2, 0.25) is 0 Å². The van der Waals surface area contributed by atoms with E-state index in [1.54, 1.807) is 0 Å². The average Bonchev–Trinajstić information content (AvgIpc) is 3.20. The molecule has 2 saturated carbocycles. The summed E-state index contributed by atoms with van der Waals surface area (Å²) in [5.74, 6) is 4.11. The number of hydrogen-bond donors (Lipinski definition) is 0. The lowest BCUT2D eigenvalue weighted by Crippen LogP contribution is -2.39. The van der Waals surface area contributed by atoms with Crippen LogP contribution in [0.1, 0.15) is 75.5 Å². The Morgan fingerprint density at radius 1 is 1.05 bits per heavy atom. The monoisotopic (exact) mass is 274 g/mol. The maximum atomic E-state index is 4.48. The summed E-state index contributed by atoms with van der Waals surface area (Å²) in [7, 11) is 0. The summed E-state index contributed by atoms with van der Waals surface area (Å²) in [6.45, 7) is 5.81. The second-order valence-corrected chi connectivity index (χ2v) is 7.17. The van der Waals surface area contributed by atoms with Crippen molar-refractivity contribution in [3.05, 3.63) is 11.6 Å². The molecule has 4 heteroatoms. The minimum absolute atomic E-state index is 0.549. The standard InChI is InChI=1S/C16H26N4/c1-12-9-19(10-13-5-3-2-4-6-13)11-15-17-18-16(20(12)15)14-7-8-14/h12-14H,2-11H2,1H3/t12-/m0/s1. The lowest BCUT2D eigenvalue weighted by atomic mass is 9.88. The fourth-order valence-corrected chi connectivity index (χ4v) is 4.14. The van der Waals surface area contributed by atoms with E-state index in [0.29, 0.717) is 12.0 Å². The van der Waals surface area contributed by atoms with E-state index in [0.717, 1.165) is 12.5 Å². The van der Waals surface area contributed by atoms with Gasteiger partial charge < -0.3 is 4.57 Å². The third-order valence-corrected chi connectivity index (χ3v) is 5.30. The van der Waals surface area contributed by atoms with Crippen LogP contribution < -0.4 is 0 Å². The van der Waals surface area contributed by atoms with Gasteiger partial charge in [0.15, 0.2) is 0 Å². The van der Waals surface area contributed by atoms with Gasteiger partial charge in [-0.05, 0) is 38.5 Å². The van der Waals surface area contributed by atoms with Crippen molar-refractivity contribution in [1.29, 1.82) is 0 Å². The van der Waals surface area contributed by atoms with E-state index in [-0.39, 0.29) is 0 Å². The van der Waals surface area contributed by atoms with Crippen molar-refractivity contribution in [3.63, 3.8) is 0 Å². The minimum atomic E-state index is 0.549. The Labute approximate surface area is 121 Å². The van der Waals surface area contributed by atoms with Crippen LogP contribution in [-0.2, 0) is 6.54 Å². The highest BCUT2D eigenvalue weighted by molar-refractivity contribution is 5.11. The molecule has 0 N–H and O–H groups in total. The molecule has 4 nitrogen and oxygen atoms in total. The number of aromatic nitrogens is 3. The van der Waals surface area contributed by atoms with Gasteiger partial charge in [-0.1, -0.05) is 19.3 Å². The number of hydrogen-bond acceptors (Lipinski definition) is 3. The molecule has 1 aromatic rings. The molecule has 1 atom stereocenters. The van der Waals surface area contributed by atoms with E-state index in [9.17, 15) is 0 Å². The molecule has 0 spiro atoms. The first-order chi connectivity index (χ1) is 9.81. The number of fused-ring (bicyclic) bond motifs is 1. The quantitative estimate of drug-likeness (QED) is 0.849. The second-order valence-electron chi connectivity index (χ2n) is 7.17. The number of nitrogens with zero attached hydrogens (tertiary/aromatic N) is 4. The molecular weight excluding hydrogens is 248 g/mol. The molecule has 0 saturated heterocycles. The predicted octanol–water partition coefficient (Wildman–Crippen LogP) is 3.11. The van der Waals surface area contributed by atoms with E-state index in [1.165, 1.54) is 69.7 Å². The van der Waals surface area contributed by atoms with Crippen LogP contribution in [-0.4, -0.2) is 32.8 Å². The molecule has 3 aliphatic rings. The predicted molar refractivity (Wildman–Crippen MR) is 78.6 cm³/mol. The molecule has 0 aromatic carbocycles. The zero-order valence-corrected chi connectivity index (χ0v) is 12.6. The average molecular weight is 274 g/mol. The highest BCUT2D eigenvalue weighted by Crippen LogP contribution is 2.41. The van der Waals surface area contributed by atoms with E-state index in [4.69, 9.17) is 0 Å². The van der Waals surface area contributed by atoms with Gasteiger partial charge in [-0.25, -0.2) is 0 Å². The molecule has 2 aliphatic carbocycles. The van der Waals surface area contributed by atoms with Gasteiger partial charge in [-0.3, -0.25) is 4.90 Å². The Kier molecular flexibility index (Phi) is 3.29. The smallest absolute Gasteiger partial charge is 0.147 e. The molecule has 1 aliphatic heterocycles. The molecule has 0 unspecified atom stereocenters. The van der Waals surface area contributed by atoms with Gasteiger partial charge in [0.05, 0.1) is 6.54 Å². The molecule has 0 amide bonds. The van der Waals surface area contributed by atoms with Crippen molar-refractivity contribution in [2.75, 3.05) is 13.1 Å². The fourth-order valence-electron chi connectivity index (χ4n) is 4.14. The molecule has 4 rings (SSSR count). The molecular formula is C16H26N4. The summed E-state index contributed by atoms with van der Waals surface area (Å²) in [5, 5.41) is 8.96. The fraction of sp³-hybridized carbons (Fsp3) is 0.875. The maximum Gasteiger partial charge on any atom is 0.147 e. The summed E-state index contributed by atoms with van der Waals surface area (Å²) < 4.78 is 2.44. The van der Waals surface area contributed by atoms with Crippen LogP contribution in [0.25, 0.3) is 0 Å².